The molecule has 6 heteroatoms. The van der Waals surface area contributed by atoms with Crippen molar-refractivity contribution in [3.05, 3.63) is 0 Å². The third kappa shape index (κ3) is 5.46. The molecule has 0 aromatic heterocycles. The number of hydrogen-bond donors (Lipinski definition) is 2. The summed E-state index contributed by atoms with van der Waals surface area (Å²) in [7, 11) is 0. The zero-order valence-electron chi connectivity index (χ0n) is 11.0. The molecule has 1 heterocycles. The highest BCUT2D eigenvalue weighted by molar-refractivity contribution is 5.76. The minimum absolute atomic E-state index is 0.175. The van der Waals surface area contributed by atoms with Crippen molar-refractivity contribution in [2.75, 3.05) is 45.8 Å². The van der Waals surface area contributed by atoms with Crippen LogP contribution in [0.15, 0.2) is 0 Å². The van der Waals surface area contributed by atoms with Crippen molar-refractivity contribution in [1.82, 2.24) is 15.1 Å². The fourth-order valence-corrected chi connectivity index (χ4v) is 2.00. The summed E-state index contributed by atoms with van der Waals surface area (Å²) in [5.41, 5.74) is 0. The molecule has 0 aromatic carbocycles. The van der Waals surface area contributed by atoms with Gasteiger partial charge in [0.05, 0.1) is 6.42 Å². The van der Waals surface area contributed by atoms with Gasteiger partial charge in [0.15, 0.2) is 0 Å². The highest BCUT2D eigenvalue weighted by atomic mass is 16.4. The normalized spacial score (nSPS) is 16.8. The molecule has 1 aliphatic heterocycles. The molecule has 0 aromatic rings. The predicted molar refractivity (Wildman–Crippen MR) is 68.4 cm³/mol. The number of carbonyl (C=O) groups excluding carboxylic acids is 1. The summed E-state index contributed by atoms with van der Waals surface area (Å²) in [6, 6.07) is 0. The van der Waals surface area contributed by atoms with E-state index in [0.29, 0.717) is 26.1 Å². The van der Waals surface area contributed by atoms with Crippen molar-refractivity contribution in [3.63, 3.8) is 0 Å². The fourth-order valence-electron chi connectivity index (χ4n) is 2.00. The molecule has 6 nitrogen and oxygen atoms in total. The van der Waals surface area contributed by atoms with E-state index in [4.69, 9.17) is 5.11 Å². The van der Waals surface area contributed by atoms with E-state index in [9.17, 15) is 9.59 Å². The van der Waals surface area contributed by atoms with Crippen LogP contribution in [0.2, 0.25) is 0 Å². The van der Waals surface area contributed by atoms with Gasteiger partial charge in [-0.3, -0.25) is 14.5 Å². The Morgan fingerprint density at radius 1 is 1.17 bits per heavy atom. The predicted octanol–water partition coefficient (Wildman–Crippen LogP) is -0.395. The summed E-state index contributed by atoms with van der Waals surface area (Å²) in [6.45, 7) is 7.20. The number of amides is 1. The minimum atomic E-state index is -0.765. The first-order valence-corrected chi connectivity index (χ1v) is 6.56. The third-order valence-corrected chi connectivity index (χ3v) is 3.13. The van der Waals surface area contributed by atoms with Crippen LogP contribution in [0.1, 0.15) is 19.8 Å². The summed E-state index contributed by atoms with van der Waals surface area (Å²) in [6.07, 6.45) is 0.720. The van der Waals surface area contributed by atoms with Crippen LogP contribution >= 0.6 is 0 Å². The van der Waals surface area contributed by atoms with Gasteiger partial charge in [0, 0.05) is 45.7 Å². The van der Waals surface area contributed by atoms with Crippen LogP contribution in [0.3, 0.4) is 0 Å². The van der Waals surface area contributed by atoms with Crippen LogP contribution in [-0.2, 0) is 9.59 Å². The molecular formula is C12H23N3O3. The lowest BCUT2D eigenvalue weighted by atomic mass is 10.2. The van der Waals surface area contributed by atoms with Gasteiger partial charge in [0.25, 0.3) is 0 Å². The molecule has 2 N–H and O–H groups in total. The van der Waals surface area contributed by atoms with E-state index in [0.717, 1.165) is 26.2 Å². The Hall–Kier alpha value is -1.14. The summed E-state index contributed by atoms with van der Waals surface area (Å²) < 4.78 is 0. The number of nitrogens with one attached hydrogen (secondary N) is 1. The van der Waals surface area contributed by atoms with E-state index in [2.05, 4.69) is 10.2 Å². The van der Waals surface area contributed by atoms with Crippen LogP contribution in [-0.4, -0.2) is 72.6 Å². The Morgan fingerprint density at radius 3 is 2.39 bits per heavy atom. The molecule has 0 saturated carbocycles. The Labute approximate surface area is 108 Å². The Kier molecular flexibility index (Phi) is 6.67. The van der Waals surface area contributed by atoms with Gasteiger partial charge in [0.1, 0.15) is 0 Å². The standard InChI is InChI=1S/C12H23N3O3/c1-2-13-5-3-11(16)15-9-7-14(8-10-15)6-4-12(17)18/h13H,2-10H2,1H3,(H,17,18). The molecule has 18 heavy (non-hydrogen) atoms. The second-order valence-corrected chi connectivity index (χ2v) is 4.47. The first-order chi connectivity index (χ1) is 8.63. The Bertz CT molecular complexity index is 276. The summed E-state index contributed by atoms with van der Waals surface area (Å²) >= 11 is 0. The lowest BCUT2D eigenvalue weighted by molar-refractivity contribution is -0.138. The van der Waals surface area contributed by atoms with Gasteiger partial charge < -0.3 is 15.3 Å². The van der Waals surface area contributed by atoms with Gasteiger partial charge >= 0.3 is 5.97 Å². The molecule has 104 valence electrons. The maximum absolute atomic E-state index is 11.8. The highest BCUT2D eigenvalue weighted by Crippen LogP contribution is 2.04. The maximum atomic E-state index is 11.8. The number of rotatable bonds is 7. The second-order valence-electron chi connectivity index (χ2n) is 4.47. The number of aliphatic carboxylic acids is 1. The van der Waals surface area contributed by atoms with Crippen molar-refractivity contribution in [2.24, 2.45) is 0 Å². The molecule has 1 amide bonds. The lowest BCUT2D eigenvalue weighted by Gasteiger charge is -2.34. The van der Waals surface area contributed by atoms with Crippen LogP contribution in [0.25, 0.3) is 0 Å². The van der Waals surface area contributed by atoms with E-state index in [1.807, 2.05) is 11.8 Å². The maximum Gasteiger partial charge on any atom is 0.304 e. The van der Waals surface area contributed by atoms with E-state index in [1.54, 1.807) is 0 Å². The molecule has 1 fully saturated rings. The topological polar surface area (TPSA) is 72.9 Å². The van der Waals surface area contributed by atoms with Gasteiger partial charge in [0.2, 0.25) is 5.91 Å². The van der Waals surface area contributed by atoms with Crippen molar-refractivity contribution < 1.29 is 14.7 Å². The average molecular weight is 257 g/mol. The van der Waals surface area contributed by atoms with Crippen LogP contribution < -0.4 is 5.32 Å². The monoisotopic (exact) mass is 257 g/mol. The van der Waals surface area contributed by atoms with E-state index in [1.165, 1.54) is 0 Å². The molecule has 0 radical (unpaired) electrons. The smallest absolute Gasteiger partial charge is 0.304 e. The fraction of sp³-hybridized carbons (Fsp3) is 0.833. The molecule has 0 spiro atoms. The highest BCUT2D eigenvalue weighted by Gasteiger charge is 2.20. The molecule has 0 atom stereocenters. The van der Waals surface area contributed by atoms with Gasteiger partial charge in [-0.1, -0.05) is 6.92 Å². The van der Waals surface area contributed by atoms with Gasteiger partial charge in [-0.15, -0.1) is 0 Å². The minimum Gasteiger partial charge on any atom is -0.481 e. The third-order valence-electron chi connectivity index (χ3n) is 3.13. The Balaban J connectivity index is 2.17. The molecule has 0 bridgehead atoms. The van der Waals surface area contributed by atoms with Crippen molar-refractivity contribution in [3.8, 4) is 0 Å². The zero-order chi connectivity index (χ0) is 13.4. The number of nitrogens with zero attached hydrogens (tertiary/aromatic N) is 2. The molecule has 0 aliphatic carbocycles. The second kappa shape index (κ2) is 8.05. The number of carboxylic acids is 1. The summed E-state index contributed by atoms with van der Waals surface area (Å²) in [4.78, 5) is 26.3. The van der Waals surface area contributed by atoms with Crippen molar-refractivity contribution in [2.45, 2.75) is 19.8 Å². The molecule has 0 unspecified atom stereocenters. The van der Waals surface area contributed by atoms with Crippen molar-refractivity contribution in [1.29, 1.82) is 0 Å². The number of carboxylic acid groups (broad SMARTS) is 1. The number of carbonyl (C=O) groups is 2. The zero-order valence-corrected chi connectivity index (χ0v) is 11.0. The average Bonchev–Trinajstić information content (AvgIpc) is 2.37. The molecule has 1 saturated heterocycles. The van der Waals surface area contributed by atoms with Crippen LogP contribution in [0.5, 0.6) is 0 Å². The SMILES string of the molecule is CCNCCC(=O)N1CCN(CCC(=O)O)CC1. The molecule has 1 rings (SSSR count). The quantitative estimate of drug-likeness (QED) is 0.607. The van der Waals surface area contributed by atoms with Gasteiger partial charge in [-0.05, 0) is 6.54 Å². The van der Waals surface area contributed by atoms with E-state index < -0.39 is 5.97 Å². The van der Waals surface area contributed by atoms with Gasteiger partial charge in [-0.25, -0.2) is 0 Å². The number of piperazine rings is 1. The van der Waals surface area contributed by atoms with Gasteiger partial charge in [-0.2, -0.15) is 0 Å². The Morgan fingerprint density at radius 2 is 1.83 bits per heavy atom. The molecular weight excluding hydrogens is 234 g/mol. The van der Waals surface area contributed by atoms with Crippen LogP contribution in [0.4, 0.5) is 0 Å². The van der Waals surface area contributed by atoms with Crippen LogP contribution in [0, 0.1) is 0 Å². The molecule has 1 aliphatic rings. The summed E-state index contributed by atoms with van der Waals surface area (Å²) in [5.74, 6) is -0.576. The van der Waals surface area contributed by atoms with Crippen molar-refractivity contribution >= 4 is 11.9 Å². The van der Waals surface area contributed by atoms with E-state index >= 15 is 0 Å². The first kappa shape index (κ1) is 14.9. The number of hydrogen-bond acceptors (Lipinski definition) is 4. The van der Waals surface area contributed by atoms with E-state index in [-0.39, 0.29) is 12.3 Å². The first-order valence-electron chi connectivity index (χ1n) is 6.56. The summed E-state index contributed by atoms with van der Waals surface area (Å²) in [5, 5.41) is 11.7. The largest absolute Gasteiger partial charge is 0.481 e. The lowest BCUT2D eigenvalue weighted by Crippen LogP contribution is -2.49.